The van der Waals surface area contributed by atoms with Gasteiger partial charge in [-0.15, -0.1) is 0 Å². The molecule has 0 fully saturated rings. The van der Waals surface area contributed by atoms with Gasteiger partial charge < -0.3 is 19.5 Å². The predicted octanol–water partition coefficient (Wildman–Crippen LogP) is 3.56. The van der Waals surface area contributed by atoms with Crippen LogP contribution < -0.4 is 5.32 Å². The Hall–Kier alpha value is -0.650. The first kappa shape index (κ1) is 23.4. The summed E-state index contributed by atoms with van der Waals surface area (Å²) in [4.78, 5) is 11.6. The summed E-state index contributed by atoms with van der Waals surface area (Å²) < 4.78 is 15.5. The Morgan fingerprint density at radius 1 is 0.833 bits per heavy atom. The number of hydrogen-bond donors (Lipinski definition) is 1. The van der Waals surface area contributed by atoms with Crippen LogP contribution in [0, 0.1) is 5.41 Å². The van der Waals surface area contributed by atoms with Crippen molar-refractivity contribution in [3.05, 3.63) is 0 Å². The molecule has 1 amide bonds. The van der Waals surface area contributed by atoms with E-state index in [-0.39, 0.29) is 5.91 Å². The number of carbonyl (C=O) groups is 1. The highest BCUT2D eigenvalue weighted by atomic mass is 16.5. The van der Waals surface area contributed by atoms with Crippen molar-refractivity contribution in [2.24, 2.45) is 5.41 Å². The van der Waals surface area contributed by atoms with Crippen molar-refractivity contribution in [1.29, 1.82) is 0 Å². The molecule has 0 aliphatic carbocycles. The number of hydrogen-bond acceptors (Lipinski definition) is 4. The second kappa shape index (κ2) is 15.9. The lowest BCUT2D eigenvalue weighted by atomic mass is 9.89. The van der Waals surface area contributed by atoms with Gasteiger partial charge in [-0.2, -0.15) is 0 Å². The highest BCUT2D eigenvalue weighted by molar-refractivity contribution is 5.75. The minimum Gasteiger partial charge on any atom is -0.382 e. The van der Waals surface area contributed by atoms with Crippen LogP contribution in [0.1, 0.15) is 65.7 Å². The van der Waals surface area contributed by atoms with Gasteiger partial charge in [-0.05, 0) is 18.3 Å². The summed E-state index contributed by atoms with van der Waals surface area (Å²) in [5, 5.41) is 2.95. The van der Waals surface area contributed by atoms with E-state index in [0.29, 0.717) is 44.9 Å². The van der Waals surface area contributed by atoms with E-state index in [4.69, 9.17) is 14.2 Å². The van der Waals surface area contributed by atoms with Gasteiger partial charge >= 0.3 is 0 Å². The lowest BCUT2D eigenvalue weighted by Gasteiger charge is -2.17. The van der Waals surface area contributed by atoms with Crippen molar-refractivity contribution in [1.82, 2.24) is 5.32 Å². The quantitative estimate of drug-likeness (QED) is 0.435. The molecule has 0 radical (unpaired) electrons. The lowest BCUT2D eigenvalue weighted by Crippen LogP contribution is -2.25. The molecule has 144 valence electrons. The van der Waals surface area contributed by atoms with Gasteiger partial charge in [0.2, 0.25) is 5.91 Å². The molecule has 0 rings (SSSR count). The van der Waals surface area contributed by atoms with Gasteiger partial charge in [0.15, 0.2) is 0 Å². The van der Waals surface area contributed by atoms with Gasteiger partial charge in [0.05, 0.1) is 33.0 Å². The third-order valence-corrected chi connectivity index (χ3v) is 3.70. The zero-order valence-electron chi connectivity index (χ0n) is 16.3. The molecule has 0 saturated carbocycles. The van der Waals surface area contributed by atoms with Crippen molar-refractivity contribution in [2.75, 3.05) is 46.7 Å². The van der Waals surface area contributed by atoms with Crippen LogP contribution in [0.3, 0.4) is 0 Å². The van der Waals surface area contributed by atoms with E-state index >= 15 is 0 Å². The largest absolute Gasteiger partial charge is 0.382 e. The van der Waals surface area contributed by atoms with Crippen LogP contribution in [0.4, 0.5) is 0 Å². The SMILES string of the molecule is COCCOCCOCCC(=O)NCCCCCCCC(C)(C)C. The molecular weight excluding hydrogens is 306 g/mol. The summed E-state index contributed by atoms with van der Waals surface area (Å²) in [7, 11) is 1.64. The predicted molar refractivity (Wildman–Crippen MR) is 98.3 cm³/mol. The maximum atomic E-state index is 11.6. The molecule has 0 aromatic carbocycles. The van der Waals surface area contributed by atoms with Crippen molar-refractivity contribution in [3.8, 4) is 0 Å². The molecule has 0 aromatic heterocycles. The highest BCUT2D eigenvalue weighted by Crippen LogP contribution is 2.22. The zero-order valence-corrected chi connectivity index (χ0v) is 16.3. The van der Waals surface area contributed by atoms with Gasteiger partial charge in [-0.25, -0.2) is 0 Å². The third-order valence-electron chi connectivity index (χ3n) is 3.70. The Bertz CT molecular complexity index is 290. The standard InChI is InChI=1S/C19H39NO4/c1-19(2,3)11-8-6-5-7-9-12-20-18(21)10-13-23-16-17-24-15-14-22-4/h5-17H2,1-4H3,(H,20,21). The van der Waals surface area contributed by atoms with E-state index in [9.17, 15) is 4.79 Å². The molecule has 0 saturated heterocycles. The lowest BCUT2D eigenvalue weighted by molar-refractivity contribution is -0.122. The van der Waals surface area contributed by atoms with Crippen LogP contribution in [0.25, 0.3) is 0 Å². The highest BCUT2D eigenvalue weighted by Gasteiger charge is 2.08. The second-order valence-corrected chi connectivity index (χ2v) is 7.40. The van der Waals surface area contributed by atoms with Gasteiger partial charge in [0.25, 0.3) is 0 Å². The van der Waals surface area contributed by atoms with E-state index < -0.39 is 0 Å². The van der Waals surface area contributed by atoms with Gasteiger partial charge in [-0.3, -0.25) is 4.79 Å². The van der Waals surface area contributed by atoms with E-state index in [1.54, 1.807) is 7.11 Å². The smallest absolute Gasteiger partial charge is 0.222 e. The number of ether oxygens (including phenoxy) is 3. The topological polar surface area (TPSA) is 56.8 Å². The maximum absolute atomic E-state index is 11.6. The molecule has 5 heteroatoms. The number of carbonyl (C=O) groups excluding carboxylic acids is 1. The fraction of sp³-hybridized carbons (Fsp3) is 0.947. The first-order valence-electron chi connectivity index (χ1n) is 9.37. The number of amides is 1. The molecule has 0 spiro atoms. The first-order chi connectivity index (χ1) is 11.5. The Morgan fingerprint density at radius 2 is 1.42 bits per heavy atom. The molecule has 0 aliphatic heterocycles. The number of methoxy groups -OCH3 is 1. The van der Waals surface area contributed by atoms with Crippen LogP contribution in [-0.2, 0) is 19.0 Å². The fourth-order valence-corrected chi connectivity index (χ4v) is 2.26. The Balaban J connectivity index is 3.21. The van der Waals surface area contributed by atoms with Crippen molar-refractivity contribution in [3.63, 3.8) is 0 Å². The monoisotopic (exact) mass is 345 g/mol. The number of unbranched alkanes of at least 4 members (excludes halogenated alkanes) is 4. The average molecular weight is 346 g/mol. The summed E-state index contributed by atoms with van der Waals surface area (Å²) >= 11 is 0. The Labute approximate surface area is 148 Å². The molecule has 0 aromatic rings. The van der Waals surface area contributed by atoms with Gasteiger partial charge in [0, 0.05) is 20.1 Å². The number of nitrogens with one attached hydrogen (secondary N) is 1. The molecule has 24 heavy (non-hydrogen) atoms. The zero-order chi connectivity index (χ0) is 18.1. The third kappa shape index (κ3) is 19.4. The van der Waals surface area contributed by atoms with Crippen molar-refractivity contribution >= 4 is 5.91 Å². The Morgan fingerprint density at radius 3 is 2.08 bits per heavy atom. The average Bonchev–Trinajstić information content (AvgIpc) is 2.51. The molecule has 5 nitrogen and oxygen atoms in total. The van der Waals surface area contributed by atoms with E-state index in [2.05, 4.69) is 26.1 Å². The van der Waals surface area contributed by atoms with Crippen molar-refractivity contribution < 1.29 is 19.0 Å². The summed E-state index contributed by atoms with van der Waals surface area (Å²) in [6, 6.07) is 0. The van der Waals surface area contributed by atoms with Crippen LogP contribution in [0.2, 0.25) is 0 Å². The van der Waals surface area contributed by atoms with E-state index in [1.807, 2.05) is 0 Å². The summed E-state index contributed by atoms with van der Waals surface area (Å²) in [6.07, 6.45) is 7.84. The summed E-state index contributed by atoms with van der Waals surface area (Å²) in [5.41, 5.74) is 0.450. The van der Waals surface area contributed by atoms with Crippen LogP contribution in [0.5, 0.6) is 0 Å². The molecule has 0 bridgehead atoms. The minimum atomic E-state index is 0.0723. The molecule has 0 unspecified atom stereocenters. The van der Waals surface area contributed by atoms with Gasteiger partial charge in [0.1, 0.15) is 0 Å². The van der Waals surface area contributed by atoms with Crippen LogP contribution >= 0.6 is 0 Å². The van der Waals surface area contributed by atoms with Crippen LogP contribution in [-0.4, -0.2) is 52.6 Å². The second-order valence-electron chi connectivity index (χ2n) is 7.40. The first-order valence-corrected chi connectivity index (χ1v) is 9.37. The van der Waals surface area contributed by atoms with Crippen LogP contribution in [0.15, 0.2) is 0 Å². The fourth-order valence-electron chi connectivity index (χ4n) is 2.26. The summed E-state index contributed by atoms with van der Waals surface area (Å²) in [6.45, 7) is 10.3. The maximum Gasteiger partial charge on any atom is 0.222 e. The molecule has 0 atom stereocenters. The molecular formula is C19H39NO4. The molecule has 0 heterocycles. The molecule has 0 aliphatic rings. The van der Waals surface area contributed by atoms with E-state index in [0.717, 1.165) is 13.0 Å². The van der Waals surface area contributed by atoms with Gasteiger partial charge in [-0.1, -0.05) is 46.5 Å². The van der Waals surface area contributed by atoms with E-state index in [1.165, 1.54) is 32.1 Å². The normalized spacial score (nSPS) is 11.7. The number of rotatable bonds is 16. The minimum absolute atomic E-state index is 0.0723. The Kier molecular flexibility index (Phi) is 15.4. The van der Waals surface area contributed by atoms with Crippen molar-refractivity contribution in [2.45, 2.75) is 65.7 Å². The molecule has 1 N–H and O–H groups in total. The summed E-state index contributed by atoms with van der Waals surface area (Å²) in [5.74, 6) is 0.0723.